The molecule has 0 aromatic heterocycles. The number of anilines is 1. The molecule has 1 aliphatic heterocycles. The first kappa shape index (κ1) is 29.9. The van der Waals surface area contributed by atoms with Gasteiger partial charge in [0.2, 0.25) is 5.91 Å². The maximum absolute atomic E-state index is 13.2. The van der Waals surface area contributed by atoms with Gasteiger partial charge in [0.05, 0.1) is 17.1 Å². The molecule has 9 nitrogen and oxygen atoms in total. The van der Waals surface area contributed by atoms with Gasteiger partial charge in [-0.1, -0.05) is 12.1 Å². The number of amides is 2. The second kappa shape index (κ2) is 13.9. The molecule has 2 amide bonds. The summed E-state index contributed by atoms with van der Waals surface area (Å²) in [7, 11) is -4.01. The first-order valence-electron chi connectivity index (χ1n) is 12.2. The van der Waals surface area contributed by atoms with Crippen LogP contribution in [0.5, 0.6) is 11.5 Å². The molecule has 0 saturated carbocycles. The summed E-state index contributed by atoms with van der Waals surface area (Å²) < 4.78 is 47.3. The molecule has 4 rings (SSSR count). The summed E-state index contributed by atoms with van der Waals surface area (Å²) in [6.07, 6.45) is 2.01. The quantitative estimate of drug-likeness (QED) is 0.292. The number of rotatable bonds is 10. The molecule has 1 aliphatic rings. The van der Waals surface area contributed by atoms with Crippen molar-refractivity contribution in [1.82, 2.24) is 16.0 Å². The van der Waals surface area contributed by atoms with E-state index in [1.54, 1.807) is 18.2 Å². The van der Waals surface area contributed by atoms with Crippen LogP contribution in [0.1, 0.15) is 23.2 Å². The molecule has 0 spiro atoms. The van der Waals surface area contributed by atoms with Gasteiger partial charge in [0.25, 0.3) is 15.9 Å². The van der Waals surface area contributed by atoms with E-state index in [-0.39, 0.29) is 46.8 Å². The van der Waals surface area contributed by atoms with Crippen LogP contribution in [-0.4, -0.2) is 46.4 Å². The average molecular weight is 577 g/mol. The van der Waals surface area contributed by atoms with Crippen molar-refractivity contribution in [3.05, 3.63) is 84.2 Å². The summed E-state index contributed by atoms with van der Waals surface area (Å²) >= 11 is 0. The van der Waals surface area contributed by atoms with Crippen molar-refractivity contribution in [2.75, 3.05) is 30.9 Å². The van der Waals surface area contributed by atoms with Gasteiger partial charge in [0, 0.05) is 12.1 Å². The number of carbonyl (C=O) groups is 2. The van der Waals surface area contributed by atoms with Crippen molar-refractivity contribution in [1.29, 1.82) is 0 Å². The van der Waals surface area contributed by atoms with Crippen molar-refractivity contribution < 1.29 is 27.1 Å². The lowest BCUT2D eigenvalue weighted by Crippen LogP contribution is -2.40. The molecule has 1 heterocycles. The van der Waals surface area contributed by atoms with E-state index >= 15 is 0 Å². The van der Waals surface area contributed by atoms with E-state index in [0.717, 1.165) is 25.9 Å². The van der Waals surface area contributed by atoms with E-state index in [2.05, 4.69) is 20.7 Å². The number of ether oxygens (including phenoxy) is 1. The highest BCUT2D eigenvalue weighted by Crippen LogP contribution is 2.31. The van der Waals surface area contributed by atoms with Crippen LogP contribution in [0.25, 0.3) is 0 Å². The third-order valence-electron chi connectivity index (χ3n) is 6.06. The first-order chi connectivity index (χ1) is 18.3. The molecule has 208 valence electrons. The van der Waals surface area contributed by atoms with E-state index in [4.69, 9.17) is 4.74 Å². The SMILES string of the molecule is Cl.O=C(CNC(=O)c1ccc(S(=O)(=O)Nc2ccccc2Oc2ccc(F)cc2)cc1)NCC1CCNCC1. The minimum Gasteiger partial charge on any atom is -0.455 e. The Kier molecular flexibility index (Phi) is 10.7. The van der Waals surface area contributed by atoms with Gasteiger partial charge in [0.15, 0.2) is 5.75 Å². The van der Waals surface area contributed by atoms with E-state index in [9.17, 15) is 22.4 Å². The third kappa shape index (κ3) is 8.67. The minimum absolute atomic E-state index is 0. The summed E-state index contributed by atoms with van der Waals surface area (Å²) in [6.45, 7) is 2.29. The molecule has 12 heteroatoms. The van der Waals surface area contributed by atoms with Crippen molar-refractivity contribution in [3.8, 4) is 11.5 Å². The number of hydrogen-bond acceptors (Lipinski definition) is 6. The Morgan fingerprint density at radius 2 is 1.59 bits per heavy atom. The van der Waals surface area contributed by atoms with Crippen LogP contribution in [0.15, 0.2) is 77.7 Å². The van der Waals surface area contributed by atoms with Gasteiger partial charge in [-0.3, -0.25) is 14.3 Å². The number of carbonyl (C=O) groups excluding carboxylic acids is 2. The van der Waals surface area contributed by atoms with Crippen LogP contribution >= 0.6 is 12.4 Å². The van der Waals surface area contributed by atoms with Crippen molar-refractivity contribution >= 4 is 39.9 Å². The maximum atomic E-state index is 13.2. The zero-order valence-electron chi connectivity index (χ0n) is 21.0. The Morgan fingerprint density at radius 1 is 0.923 bits per heavy atom. The van der Waals surface area contributed by atoms with Gasteiger partial charge in [-0.05, 0) is 92.5 Å². The Labute approximate surface area is 233 Å². The molecule has 0 aliphatic carbocycles. The molecule has 1 saturated heterocycles. The molecular weight excluding hydrogens is 547 g/mol. The summed E-state index contributed by atoms with van der Waals surface area (Å²) in [6, 6.07) is 17.1. The fraction of sp³-hybridized carbons (Fsp3) is 0.259. The summed E-state index contributed by atoms with van der Waals surface area (Å²) in [4.78, 5) is 24.5. The van der Waals surface area contributed by atoms with Crippen LogP contribution in [-0.2, 0) is 14.8 Å². The van der Waals surface area contributed by atoms with Gasteiger partial charge in [-0.2, -0.15) is 0 Å². The van der Waals surface area contributed by atoms with E-state index in [0.29, 0.717) is 18.2 Å². The molecule has 4 N–H and O–H groups in total. The second-order valence-electron chi connectivity index (χ2n) is 8.86. The summed E-state index contributed by atoms with van der Waals surface area (Å²) in [5.74, 6) is -0.177. The molecule has 0 unspecified atom stereocenters. The molecule has 3 aromatic carbocycles. The second-order valence-corrected chi connectivity index (χ2v) is 10.5. The van der Waals surface area contributed by atoms with E-state index < -0.39 is 21.7 Å². The number of hydrogen-bond donors (Lipinski definition) is 4. The fourth-order valence-electron chi connectivity index (χ4n) is 3.93. The predicted molar refractivity (Wildman–Crippen MR) is 148 cm³/mol. The maximum Gasteiger partial charge on any atom is 0.262 e. The van der Waals surface area contributed by atoms with Crippen LogP contribution in [0.2, 0.25) is 0 Å². The van der Waals surface area contributed by atoms with Crippen LogP contribution < -0.4 is 25.4 Å². The molecular formula is C27H30ClFN4O5S. The standard InChI is InChI=1S/C27H29FN4O5S.ClH/c28-21-7-9-22(10-8-21)37-25-4-2-1-3-24(25)32-38(35,36)23-11-5-20(6-12-23)27(34)31-18-26(33)30-17-19-13-15-29-16-14-19;/h1-12,19,29,32H,13-18H2,(H,30,33)(H,31,34);1H. The Morgan fingerprint density at radius 3 is 2.28 bits per heavy atom. The van der Waals surface area contributed by atoms with Crippen molar-refractivity contribution in [3.63, 3.8) is 0 Å². The van der Waals surface area contributed by atoms with E-state index in [1.165, 1.54) is 54.6 Å². The zero-order valence-corrected chi connectivity index (χ0v) is 22.6. The molecule has 0 bridgehead atoms. The molecule has 3 aromatic rings. The van der Waals surface area contributed by atoms with Gasteiger partial charge in [0.1, 0.15) is 11.6 Å². The lowest BCUT2D eigenvalue weighted by atomic mass is 9.98. The highest BCUT2D eigenvalue weighted by molar-refractivity contribution is 7.92. The number of nitrogens with one attached hydrogen (secondary N) is 4. The first-order valence-corrected chi connectivity index (χ1v) is 13.7. The van der Waals surface area contributed by atoms with Crippen molar-refractivity contribution in [2.45, 2.75) is 17.7 Å². The number of para-hydroxylation sites is 2. The van der Waals surface area contributed by atoms with Gasteiger partial charge in [-0.15, -0.1) is 12.4 Å². The number of halogens is 2. The molecule has 39 heavy (non-hydrogen) atoms. The highest BCUT2D eigenvalue weighted by Gasteiger charge is 2.18. The van der Waals surface area contributed by atoms with E-state index in [1.807, 2.05) is 0 Å². The van der Waals surface area contributed by atoms with Gasteiger partial charge in [-0.25, -0.2) is 12.8 Å². The molecule has 1 fully saturated rings. The third-order valence-corrected chi connectivity index (χ3v) is 7.44. The minimum atomic E-state index is -4.01. The van der Waals surface area contributed by atoms with Crippen LogP contribution in [0.4, 0.5) is 10.1 Å². The fourth-order valence-corrected chi connectivity index (χ4v) is 5.00. The van der Waals surface area contributed by atoms with Crippen molar-refractivity contribution in [2.24, 2.45) is 5.92 Å². The Bertz CT molecular complexity index is 1370. The predicted octanol–water partition coefficient (Wildman–Crippen LogP) is 3.69. The number of benzene rings is 3. The van der Waals surface area contributed by atoms with Gasteiger partial charge >= 0.3 is 0 Å². The van der Waals surface area contributed by atoms with Crippen LogP contribution in [0.3, 0.4) is 0 Å². The van der Waals surface area contributed by atoms with Gasteiger partial charge < -0.3 is 20.7 Å². The molecule has 0 radical (unpaired) electrons. The zero-order chi connectivity index (χ0) is 27.0. The Hall–Kier alpha value is -3.67. The monoisotopic (exact) mass is 576 g/mol. The average Bonchev–Trinajstić information content (AvgIpc) is 2.93. The normalized spacial score (nSPS) is 13.6. The lowest BCUT2D eigenvalue weighted by Gasteiger charge is -2.22. The highest BCUT2D eigenvalue weighted by atomic mass is 35.5. The summed E-state index contributed by atoms with van der Waals surface area (Å²) in [5.41, 5.74) is 0.407. The number of sulfonamides is 1. The number of piperidine rings is 1. The lowest BCUT2D eigenvalue weighted by molar-refractivity contribution is -0.120. The smallest absolute Gasteiger partial charge is 0.262 e. The Balaban J connectivity index is 0.00000420. The topological polar surface area (TPSA) is 126 Å². The summed E-state index contributed by atoms with van der Waals surface area (Å²) in [5, 5.41) is 8.66. The van der Waals surface area contributed by atoms with Crippen LogP contribution in [0, 0.1) is 11.7 Å². The largest absolute Gasteiger partial charge is 0.455 e. The molecule has 0 atom stereocenters.